The van der Waals surface area contributed by atoms with Crippen molar-refractivity contribution in [3.05, 3.63) is 84.4 Å². The van der Waals surface area contributed by atoms with Gasteiger partial charge in [-0.3, -0.25) is 4.79 Å². The van der Waals surface area contributed by atoms with Crippen LogP contribution in [0.15, 0.2) is 83.3 Å². The molecule has 1 N–H and O–H groups in total. The maximum atomic E-state index is 11.7. The van der Waals surface area contributed by atoms with Crippen LogP contribution in [0.4, 0.5) is 11.5 Å². The number of hydrogen-bond acceptors (Lipinski definition) is 7. The zero-order valence-corrected chi connectivity index (χ0v) is 16.6. The largest absolute Gasteiger partial charge is 0.413 e. The molecule has 0 amide bonds. The highest BCUT2D eigenvalue weighted by molar-refractivity contribution is 5.96. The van der Waals surface area contributed by atoms with Gasteiger partial charge in [0.05, 0.1) is 5.52 Å². The molecule has 31 heavy (non-hydrogen) atoms. The molecule has 0 bridgehead atoms. The van der Waals surface area contributed by atoms with Gasteiger partial charge in [0.1, 0.15) is 5.82 Å². The fourth-order valence-electron chi connectivity index (χ4n) is 3.23. The van der Waals surface area contributed by atoms with Gasteiger partial charge in [0.25, 0.3) is 5.89 Å². The standard InChI is InChI=1S/C24H17N5O2/c1-15(30)17-10-7-11-18(14-17)25-21-19-12-5-6-13-20(19)26-22(27-21)24-29-28-23(31-24)16-8-3-2-4-9-16/h2-14H,1H3,(H,25,26,27). The summed E-state index contributed by atoms with van der Waals surface area (Å²) < 4.78 is 5.84. The number of Topliss-reactive ketones (excluding diaryl/α,β-unsaturated/α-hetero) is 1. The lowest BCUT2D eigenvalue weighted by atomic mass is 10.1. The molecule has 7 nitrogen and oxygen atoms in total. The van der Waals surface area contributed by atoms with Gasteiger partial charge in [0.15, 0.2) is 5.78 Å². The van der Waals surface area contributed by atoms with Gasteiger partial charge in [-0.2, -0.15) is 0 Å². The van der Waals surface area contributed by atoms with Crippen molar-refractivity contribution in [2.75, 3.05) is 5.32 Å². The van der Waals surface area contributed by atoms with Crippen molar-refractivity contribution >= 4 is 28.2 Å². The number of carbonyl (C=O) groups is 1. The molecule has 0 unspecified atom stereocenters. The molecular weight excluding hydrogens is 390 g/mol. The lowest BCUT2D eigenvalue weighted by Crippen LogP contribution is -2.00. The van der Waals surface area contributed by atoms with Gasteiger partial charge in [0, 0.05) is 22.2 Å². The number of aromatic nitrogens is 4. The minimum absolute atomic E-state index is 0.00353. The summed E-state index contributed by atoms with van der Waals surface area (Å²) in [7, 11) is 0. The number of benzene rings is 3. The summed E-state index contributed by atoms with van der Waals surface area (Å²) in [6.45, 7) is 1.54. The highest BCUT2D eigenvalue weighted by atomic mass is 16.4. The van der Waals surface area contributed by atoms with Crippen LogP contribution in [0.25, 0.3) is 34.1 Å². The first-order valence-corrected chi connectivity index (χ1v) is 9.71. The zero-order chi connectivity index (χ0) is 21.2. The third-order valence-electron chi connectivity index (χ3n) is 4.77. The number of anilines is 2. The van der Waals surface area contributed by atoms with Gasteiger partial charge in [0.2, 0.25) is 11.7 Å². The van der Waals surface area contributed by atoms with E-state index >= 15 is 0 Å². The van der Waals surface area contributed by atoms with Crippen LogP contribution < -0.4 is 5.32 Å². The maximum Gasteiger partial charge on any atom is 0.286 e. The van der Waals surface area contributed by atoms with Crippen LogP contribution in [-0.2, 0) is 0 Å². The fourth-order valence-corrected chi connectivity index (χ4v) is 3.23. The topological polar surface area (TPSA) is 93.8 Å². The zero-order valence-electron chi connectivity index (χ0n) is 16.6. The molecule has 0 spiro atoms. The average molecular weight is 407 g/mol. The summed E-state index contributed by atoms with van der Waals surface area (Å²) >= 11 is 0. The van der Waals surface area contributed by atoms with Gasteiger partial charge in [-0.05, 0) is 43.3 Å². The summed E-state index contributed by atoms with van der Waals surface area (Å²) in [4.78, 5) is 21.0. The first-order valence-electron chi connectivity index (χ1n) is 9.71. The Bertz CT molecular complexity index is 1400. The molecule has 150 valence electrons. The molecule has 3 aromatic carbocycles. The molecular formula is C24H17N5O2. The number of hydrogen-bond donors (Lipinski definition) is 1. The van der Waals surface area contributed by atoms with Gasteiger partial charge < -0.3 is 9.73 Å². The molecule has 5 aromatic rings. The Labute approximate surface area is 177 Å². The predicted octanol–water partition coefficient (Wildman–Crippen LogP) is 5.29. The molecule has 0 aliphatic carbocycles. The molecule has 0 atom stereocenters. The molecule has 0 radical (unpaired) electrons. The second-order valence-corrected chi connectivity index (χ2v) is 6.95. The van der Waals surface area contributed by atoms with Gasteiger partial charge >= 0.3 is 0 Å². The van der Waals surface area contributed by atoms with Crippen molar-refractivity contribution in [2.24, 2.45) is 0 Å². The Kier molecular flexibility index (Phi) is 4.68. The highest BCUT2D eigenvalue weighted by Crippen LogP contribution is 2.28. The van der Waals surface area contributed by atoms with E-state index in [1.807, 2.05) is 66.7 Å². The number of fused-ring (bicyclic) bond motifs is 1. The fraction of sp³-hybridized carbons (Fsp3) is 0.0417. The van der Waals surface area contributed by atoms with E-state index < -0.39 is 0 Å². The Hall–Kier alpha value is -4.39. The van der Waals surface area contributed by atoms with Gasteiger partial charge in [-0.1, -0.05) is 42.5 Å². The molecule has 0 saturated heterocycles. The summed E-state index contributed by atoms with van der Waals surface area (Å²) in [5.41, 5.74) is 2.92. The maximum absolute atomic E-state index is 11.7. The van der Waals surface area contributed by atoms with Crippen molar-refractivity contribution in [2.45, 2.75) is 6.92 Å². The van der Waals surface area contributed by atoms with Crippen LogP contribution in [0.2, 0.25) is 0 Å². The average Bonchev–Trinajstić information content (AvgIpc) is 3.30. The van der Waals surface area contributed by atoms with E-state index in [0.29, 0.717) is 23.1 Å². The number of para-hydroxylation sites is 1. The minimum Gasteiger partial charge on any atom is -0.413 e. The summed E-state index contributed by atoms with van der Waals surface area (Å²) in [6.07, 6.45) is 0. The Morgan fingerprint density at radius 1 is 0.839 bits per heavy atom. The van der Waals surface area contributed by atoms with Crippen molar-refractivity contribution < 1.29 is 9.21 Å². The van der Waals surface area contributed by atoms with Crippen LogP contribution in [0.3, 0.4) is 0 Å². The third-order valence-corrected chi connectivity index (χ3v) is 4.77. The van der Waals surface area contributed by atoms with Crippen molar-refractivity contribution in [3.8, 4) is 23.2 Å². The van der Waals surface area contributed by atoms with Crippen molar-refractivity contribution in [3.63, 3.8) is 0 Å². The second kappa shape index (κ2) is 7.79. The molecule has 7 heteroatoms. The number of nitrogens with zero attached hydrogens (tertiary/aromatic N) is 4. The molecule has 2 heterocycles. The van der Waals surface area contributed by atoms with E-state index in [0.717, 1.165) is 22.2 Å². The monoisotopic (exact) mass is 407 g/mol. The van der Waals surface area contributed by atoms with E-state index in [9.17, 15) is 4.79 Å². The lowest BCUT2D eigenvalue weighted by Gasteiger charge is -2.10. The quantitative estimate of drug-likeness (QED) is 0.395. The van der Waals surface area contributed by atoms with E-state index in [2.05, 4.69) is 25.5 Å². The lowest BCUT2D eigenvalue weighted by molar-refractivity contribution is 0.101. The molecule has 0 aliphatic rings. The van der Waals surface area contributed by atoms with E-state index in [1.165, 1.54) is 6.92 Å². The van der Waals surface area contributed by atoms with Gasteiger partial charge in [-0.15, -0.1) is 10.2 Å². The first kappa shape index (κ1) is 18.6. The number of rotatable bonds is 5. The summed E-state index contributed by atoms with van der Waals surface area (Å²) in [5, 5.41) is 12.4. The smallest absolute Gasteiger partial charge is 0.286 e. The van der Waals surface area contributed by atoms with Crippen LogP contribution in [0.5, 0.6) is 0 Å². The third kappa shape index (κ3) is 3.76. The molecule has 0 saturated carbocycles. The van der Waals surface area contributed by atoms with Crippen LogP contribution in [-0.4, -0.2) is 25.9 Å². The van der Waals surface area contributed by atoms with Gasteiger partial charge in [-0.25, -0.2) is 9.97 Å². The predicted molar refractivity (Wildman–Crippen MR) is 118 cm³/mol. The van der Waals surface area contributed by atoms with Crippen LogP contribution >= 0.6 is 0 Å². The highest BCUT2D eigenvalue weighted by Gasteiger charge is 2.16. The normalized spacial score (nSPS) is 10.9. The van der Waals surface area contributed by atoms with Crippen molar-refractivity contribution in [1.82, 2.24) is 20.2 Å². The van der Waals surface area contributed by atoms with Crippen molar-refractivity contribution in [1.29, 1.82) is 0 Å². The number of carbonyl (C=O) groups excluding carboxylic acids is 1. The Morgan fingerprint density at radius 2 is 1.61 bits per heavy atom. The Morgan fingerprint density at radius 3 is 2.45 bits per heavy atom. The Balaban J connectivity index is 1.58. The summed E-state index contributed by atoms with van der Waals surface area (Å²) in [6, 6.07) is 24.5. The SMILES string of the molecule is CC(=O)c1cccc(Nc2nc(-c3nnc(-c4ccccc4)o3)nc3ccccc23)c1. The first-order chi connectivity index (χ1) is 15.2. The van der Waals surface area contributed by atoms with E-state index in [1.54, 1.807) is 12.1 Å². The molecule has 0 fully saturated rings. The minimum atomic E-state index is -0.00353. The number of ketones is 1. The van der Waals surface area contributed by atoms with Crippen LogP contribution in [0, 0.1) is 0 Å². The second-order valence-electron chi connectivity index (χ2n) is 6.95. The molecule has 5 rings (SSSR count). The molecule has 2 aromatic heterocycles. The number of nitrogens with one attached hydrogen (secondary N) is 1. The van der Waals surface area contributed by atoms with Crippen LogP contribution in [0.1, 0.15) is 17.3 Å². The van der Waals surface area contributed by atoms with E-state index in [-0.39, 0.29) is 11.7 Å². The van der Waals surface area contributed by atoms with E-state index in [4.69, 9.17) is 4.42 Å². The summed E-state index contributed by atoms with van der Waals surface area (Å²) in [5.74, 6) is 1.52. The molecule has 0 aliphatic heterocycles.